The quantitative estimate of drug-likeness (QED) is 0.439. The van der Waals surface area contributed by atoms with Crippen molar-refractivity contribution >= 4 is 5.91 Å². The predicted octanol–water partition coefficient (Wildman–Crippen LogP) is 1.17. The molecule has 0 aromatic heterocycles. The van der Waals surface area contributed by atoms with Crippen LogP contribution in [0.3, 0.4) is 0 Å². The molecule has 0 fully saturated rings. The monoisotopic (exact) mass is 202 g/mol. The van der Waals surface area contributed by atoms with Crippen molar-refractivity contribution in [3.63, 3.8) is 0 Å². The molecule has 78 valence electrons. The van der Waals surface area contributed by atoms with Crippen LogP contribution in [-0.2, 0) is 0 Å². The molecule has 0 saturated heterocycles. The summed E-state index contributed by atoms with van der Waals surface area (Å²) >= 11 is 0. The van der Waals surface area contributed by atoms with Crippen molar-refractivity contribution in [3.05, 3.63) is 34.9 Å². The molecule has 2 N–H and O–H groups in total. The van der Waals surface area contributed by atoms with Gasteiger partial charge in [-0.1, -0.05) is 23.1 Å². The van der Waals surface area contributed by atoms with Crippen LogP contribution in [0.15, 0.2) is 18.2 Å². The first-order valence-electron chi connectivity index (χ1n) is 4.68. The summed E-state index contributed by atoms with van der Waals surface area (Å²) in [6.45, 7) is 4.23. The molecule has 0 heterocycles. The zero-order valence-electron chi connectivity index (χ0n) is 8.92. The number of nitrogens with one attached hydrogen (secondary N) is 2. The molecule has 1 amide bonds. The molecule has 1 aromatic carbocycles. The lowest BCUT2D eigenvalue weighted by Crippen LogP contribution is -2.37. The van der Waals surface area contributed by atoms with E-state index >= 15 is 0 Å². The van der Waals surface area contributed by atoms with Crippen LogP contribution in [0.2, 0.25) is 0 Å². The highest BCUT2D eigenvalue weighted by molar-refractivity contribution is 5.94. The van der Waals surface area contributed by atoms with Crippen molar-refractivity contribution in [2.45, 2.75) is 13.8 Å². The second-order valence-electron chi connectivity index (χ2n) is 3.39. The van der Waals surface area contributed by atoms with Gasteiger partial charge in [-0.2, -0.15) is 0 Å². The van der Waals surface area contributed by atoms with Crippen LogP contribution < -0.4 is 10.9 Å². The van der Waals surface area contributed by atoms with Gasteiger partial charge >= 0.3 is 0 Å². The third-order valence-corrected chi connectivity index (χ3v) is 1.88. The topological polar surface area (TPSA) is 41.1 Å². The molecule has 15 heavy (non-hydrogen) atoms. The molecule has 0 bridgehead atoms. The second kappa shape index (κ2) is 5.18. The number of carbonyl (C=O) groups is 1. The SMILES string of the molecule is C#CCNNC(=O)c1cc(C)cc(C)c1. The lowest BCUT2D eigenvalue weighted by molar-refractivity contribution is 0.0935. The minimum atomic E-state index is -0.169. The van der Waals surface area contributed by atoms with Crippen molar-refractivity contribution < 1.29 is 4.79 Å². The Morgan fingerprint density at radius 2 is 1.93 bits per heavy atom. The molecule has 1 aromatic rings. The Balaban J connectivity index is 2.70. The minimum Gasteiger partial charge on any atom is -0.287 e. The van der Waals surface area contributed by atoms with Gasteiger partial charge in [-0.3, -0.25) is 10.2 Å². The molecule has 0 saturated carbocycles. The summed E-state index contributed by atoms with van der Waals surface area (Å²) in [5, 5.41) is 0. The molecule has 3 heteroatoms. The lowest BCUT2D eigenvalue weighted by atomic mass is 10.1. The smallest absolute Gasteiger partial charge is 0.265 e. The molecule has 0 atom stereocenters. The van der Waals surface area contributed by atoms with E-state index < -0.39 is 0 Å². The molecule has 3 nitrogen and oxygen atoms in total. The van der Waals surface area contributed by atoms with E-state index in [1.54, 1.807) is 0 Å². The Bertz CT molecular complexity index is 384. The highest BCUT2D eigenvalue weighted by Gasteiger charge is 2.04. The van der Waals surface area contributed by atoms with Gasteiger partial charge in [-0.05, 0) is 26.0 Å². The maximum absolute atomic E-state index is 11.6. The molecular formula is C12H14N2O. The fourth-order valence-electron chi connectivity index (χ4n) is 1.35. The van der Waals surface area contributed by atoms with Crippen molar-refractivity contribution in [2.75, 3.05) is 6.54 Å². The van der Waals surface area contributed by atoms with Gasteiger partial charge < -0.3 is 0 Å². The third kappa shape index (κ3) is 3.45. The Morgan fingerprint density at radius 3 is 2.47 bits per heavy atom. The van der Waals surface area contributed by atoms with E-state index in [1.807, 2.05) is 32.0 Å². The highest BCUT2D eigenvalue weighted by Crippen LogP contribution is 2.08. The average Bonchev–Trinajstić information content (AvgIpc) is 2.16. The molecule has 0 radical (unpaired) electrons. The summed E-state index contributed by atoms with van der Waals surface area (Å²) in [6, 6.07) is 5.69. The summed E-state index contributed by atoms with van der Waals surface area (Å²) < 4.78 is 0. The number of rotatable bonds is 3. The van der Waals surface area contributed by atoms with Gasteiger partial charge in [-0.25, -0.2) is 5.43 Å². The summed E-state index contributed by atoms with van der Waals surface area (Å²) in [4.78, 5) is 11.6. The number of amides is 1. The number of carbonyl (C=O) groups excluding carboxylic acids is 1. The number of benzene rings is 1. The first kappa shape index (κ1) is 11.3. The van der Waals surface area contributed by atoms with E-state index in [4.69, 9.17) is 6.42 Å². The Labute approximate surface area is 89.9 Å². The summed E-state index contributed by atoms with van der Waals surface area (Å²) in [5.74, 6) is 2.20. The average molecular weight is 202 g/mol. The van der Waals surface area contributed by atoms with Crippen LogP contribution in [0.25, 0.3) is 0 Å². The lowest BCUT2D eigenvalue weighted by Gasteiger charge is -2.06. The Hall–Kier alpha value is -1.79. The van der Waals surface area contributed by atoms with Gasteiger partial charge in [0.05, 0.1) is 6.54 Å². The van der Waals surface area contributed by atoms with E-state index in [-0.39, 0.29) is 5.91 Å². The summed E-state index contributed by atoms with van der Waals surface area (Å²) in [5.41, 5.74) is 7.93. The van der Waals surface area contributed by atoms with E-state index in [1.165, 1.54) is 0 Å². The summed E-state index contributed by atoms with van der Waals surface area (Å²) in [6.07, 6.45) is 5.04. The fourth-order valence-corrected chi connectivity index (χ4v) is 1.35. The first-order valence-corrected chi connectivity index (χ1v) is 4.68. The van der Waals surface area contributed by atoms with Gasteiger partial charge in [0.1, 0.15) is 0 Å². The van der Waals surface area contributed by atoms with Gasteiger partial charge in [-0.15, -0.1) is 6.42 Å². The Kier molecular flexibility index (Phi) is 3.90. The van der Waals surface area contributed by atoms with Crippen LogP contribution >= 0.6 is 0 Å². The molecule has 0 aliphatic heterocycles. The maximum Gasteiger partial charge on any atom is 0.265 e. The number of hydrazine groups is 1. The number of hydrogen-bond donors (Lipinski definition) is 2. The molecule has 0 aliphatic rings. The van der Waals surface area contributed by atoms with Crippen molar-refractivity contribution in [2.24, 2.45) is 0 Å². The largest absolute Gasteiger partial charge is 0.287 e. The van der Waals surface area contributed by atoms with Gasteiger partial charge in [0, 0.05) is 5.56 Å². The van der Waals surface area contributed by atoms with E-state index in [0.29, 0.717) is 12.1 Å². The Morgan fingerprint density at radius 1 is 1.33 bits per heavy atom. The maximum atomic E-state index is 11.6. The predicted molar refractivity (Wildman–Crippen MR) is 60.2 cm³/mol. The van der Waals surface area contributed by atoms with Crippen molar-refractivity contribution in [1.29, 1.82) is 0 Å². The normalized spacial score (nSPS) is 9.40. The van der Waals surface area contributed by atoms with Crippen LogP contribution in [0.4, 0.5) is 0 Å². The van der Waals surface area contributed by atoms with Crippen molar-refractivity contribution in [1.82, 2.24) is 10.9 Å². The van der Waals surface area contributed by atoms with Crippen molar-refractivity contribution in [3.8, 4) is 12.3 Å². The molecule has 0 spiro atoms. The standard InChI is InChI=1S/C12H14N2O/c1-4-5-13-14-12(15)11-7-9(2)6-10(3)8-11/h1,6-8,13H,5H2,2-3H3,(H,14,15). The number of hydrogen-bond acceptors (Lipinski definition) is 2. The number of aryl methyl sites for hydroxylation is 2. The van der Waals surface area contributed by atoms with Crippen LogP contribution in [0.1, 0.15) is 21.5 Å². The van der Waals surface area contributed by atoms with E-state index in [2.05, 4.69) is 16.8 Å². The second-order valence-corrected chi connectivity index (χ2v) is 3.39. The molecule has 1 rings (SSSR count). The van der Waals surface area contributed by atoms with Crippen LogP contribution in [-0.4, -0.2) is 12.5 Å². The third-order valence-electron chi connectivity index (χ3n) is 1.88. The number of terminal acetylenes is 1. The zero-order chi connectivity index (χ0) is 11.3. The van der Waals surface area contributed by atoms with Crippen LogP contribution in [0.5, 0.6) is 0 Å². The first-order chi connectivity index (χ1) is 7.13. The fraction of sp³-hybridized carbons (Fsp3) is 0.250. The van der Waals surface area contributed by atoms with Gasteiger partial charge in [0.25, 0.3) is 5.91 Å². The molecule has 0 aliphatic carbocycles. The van der Waals surface area contributed by atoms with Gasteiger partial charge in [0.15, 0.2) is 0 Å². The van der Waals surface area contributed by atoms with E-state index in [0.717, 1.165) is 11.1 Å². The summed E-state index contributed by atoms with van der Waals surface area (Å²) in [7, 11) is 0. The minimum absolute atomic E-state index is 0.169. The highest BCUT2D eigenvalue weighted by atomic mass is 16.2. The van der Waals surface area contributed by atoms with Gasteiger partial charge in [0.2, 0.25) is 0 Å². The molecular weight excluding hydrogens is 188 g/mol. The van der Waals surface area contributed by atoms with Crippen LogP contribution in [0, 0.1) is 26.2 Å². The molecule has 0 unspecified atom stereocenters. The zero-order valence-corrected chi connectivity index (χ0v) is 8.92. The van der Waals surface area contributed by atoms with E-state index in [9.17, 15) is 4.79 Å².